The highest BCUT2D eigenvalue weighted by molar-refractivity contribution is 14.1. The predicted molar refractivity (Wildman–Crippen MR) is 96.3 cm³/mol. The minimum atomic E-state index is 0.667. The maximum Gasteiger partial charge on any atom is 0.0721 e. The molecule has 0 aromatic heterocycles. The highest BCUT2D eigenvalue weighted by Gasteiger charge is 2.00. The van der Waals surface area contributed by atoms with Crippen molar-refractivity contribution >= 4 is 45.2 Å². The van der Waals surface area contributed by atoms with Crippen LogP contribution in [0, 0.1) is 21.0 Å². The molecule has 0 unspecified atom stereocenters. The number of benzene rings is 2. The van der Waals surface area contributed by atoms with E-state index in [9.17, 15) is 0 Å². The molecule has 2 rings (SSSR count). The van der Waals surface area contributed by atoms with Gasteiger partial charge in [0, 0.05) is 7.14 Å². The third-order valence-corrected chi connectivity index (χ3v) is 5.33. The zero-order valence-corrected chi connectivity index (χ0v) is 15.4. The lowest BCUT2D eigenvalue weighted by molar-refractivity contribution is 0.107. The van der Waals surface area contributed by atoms with Crippen LogP contribution in [-0.2, 0) is 18.0 Å². The Morgan fingerprint density at radius 3 is 1.58 bits per heavy atom. The van der Waals surface area contributed by atoms with Gasteiger partial charge in [0.1, 0.15) is 0 Å². The fourth-order valence-electron chi connectivity index (χ4n) is 1.74. The number of aryl methyl sites for hydroxylation is 2. The van der Waals surface area contributed by atoms with Crippen LogP contribution >= 0.6 is 45.2 Å². The van der Waals surface area contributed by atoms with Crippen LogP contribution in [0.1, 0.15) is 22.3 Å². The van der Waals surface area contributed by atoms with Gasteiger partial charge < -0.3 is 4.74 Å². The Balaban J connectivity index is 1.92. The number of ether oxygens (including phenoxy) is 1. The second-order valence-corrected chi connectivity index (χ2v) is 6.98. The molecule has 0 bridgehead atoms. The van der Waals surface area contributed by atoms with Crippen molar-refractivity contribution in [3.8, 4) is 0 Å². The Bertz CT molecular complexity index is 527. The minimum absolute atomic E-state index is 0.667. The van der Waals surface area contributed by atoms with Crippen molar-refractivity contribution in [2.45, 2.75) is 27.1 Å². The summed E-state index contributed by atoms with van der Waals surface area (Å²) in [5.41, 5.74) is 5.10. The van der Waals surface area contributed by atoms with E-state index in [2.05, 4.69) is 95.4 Å². The van der Waals surface area contributed by atoms with Gasteiger partial charge >= 0.3 is 0 Å². The van der Waals surface area contributed by atoms with E-state index in [4.69, 9.17) is 4.74 Å². The molecule has 0 fully saturated rings. The molecule has 19 heavy (non-hydrogen) atoms. The number of rotatable bonds is 4. The Kier molecular flexibility index (Phi) is 5.65. The lowest BCUT2D eigenvalue weighted by atomic mass is 10.1. The molecule has 2 aromatic rings. The monoisotopic (exact) mass is 478 g/mol. The van der Waals surface area contributed by atoms with Crippen molar-refractivity contribution in [2.75, 3.05) is 0 Å². The molecule has 0 amide bonds. The van der Waals surface area contributed by atoms with Gasteiger partial charge in [0.2, 0.25) is 0 Å². The fraction of sp³-hybridized carbons (Fsp3) is 0.250. The van der Waals surface area contributed by atoms with E-state index in [0.717, 1.165) is 0 Å². The van der Waals surface area contributed by atoms with Gasteiger partial charge in [-0.05, 0) is 93.4 Å². The van der Waals surface area contributed by atoms with Crippen molar-refractivity contribution in [3.05, 3.63) is 65.8 Å². The Hall–Kier alpha value is -0.140. The third-order valence-electron chi connectivity index (χ3n) is 3.01. The maximum absolute atomic E-state index is 5.79. The van der Waals surface area contributed by atoms with Crippen LogP contribution in [0.3, 0.4) is 0 Å². The van der Waals surface area contributed by atoms with Gasteiger partial charge in [-0.25, -0.2) is 0 Å². The molecule has 0 saturated carbocycles. The van der Waals surface area contributed by atoms with Crippen molar-refractivity contribution in [3.63, 3.8) is 0 Å². The molecule has 0 saturated heterocycles. The van der Waals surface area contributed by atoms with Crippen molar-refractivity contribution in [2.24, 2.45) is 0 Å². The molecular formula is C16H16I2O. The molecule has 0 aliphatic heterocycles. The molecule has 2 aromatic carbocycles. The normalized spacial score (nSPS) is 10.7. The second kappa shape index (κ2) is 7.04. The van der Waals surface area contributed by atoms with E-state index in [1.807, 2.05) is 0 Å². The minimum Gasteiger partial charge on any atom is -0.372 e. The Morgan fingerprint density at radius 2 is 1.21 bits per heavy atom. The predicted octanol–water partition coefficient (Wildman–Crippen LogP) is 5.23. The average molecular weight is 478 g/mol. The summed E-state index contributed by atoms with van der Waals surface area (Å²) in [6, 6.07) is 12.9. The van der Waals surface area contributed by atoms with Crippen LogP contribution in [0.25, 0.3) is 0 Å². The van der Waals surface area contributed by atoms with E-state index < -0.39 is 0 Å². The van der Waals surface area contributed by atoms with Gasteiger partial charge in [-0.1, -0.05) is 24.3 Å². The molecule has 0 radical (unpaired) electrons. The number of hydrogen-bond donors (Lipinski definition) is 0. The summed E-state index contributed by atoms with van der Waals surface area (Å²) in [4.78, 5) is 0. The molecule has 0 aliphatic carbocycles. The van der Waals surface area contributed by atoms with E-state index in [1.54, 1.807) is 0 Å². The highest BCUT2D eigenvalue weighted by atomic mass is 127. The highest BCUT2D eigenvalue weighted by Crippen LogP contribution is 2.16. The van der Waals surface area contributed by atoms with E-state index in [1.165, 1.54) is 29.4 Å². The van der Waals surface area contributed by atoms with Crippen LogP contribution < -0.4 is 0 Å². The summed E-state index contributed by atoms with van der Waals surface area (Å²) in [6.45, 7) is 5.59. The van der Waals surface area contributed by atoms with Gasteiger partial charge in [0.05, 0.1) is 13.2 Å². The van der Waals surface area contributed by atoms with Crippen LogP contribution in [0.15, 0.2) is 36.4 Å². The summed E-state index contributed by atoms with van der Waals surface area (Å²) in [6.07, 6.45) is 0. The number of hydrogen-bond acceptors (Lipinski definition) is 1. The van der Waals surface area contributed by atoms with Crippen molar-refractivity contribution in [1.82, 2.24) is 0 Å². The molecule has 0 aliphatic rings. The first-order chi connectivity index (χ1) is 9.06. The molecule has 3 heteroatoms. The summed E-state index contributed by atoms with van der Waals surface area (Å²) in [5.74, 6) is 0. The molecule has 100 valence electrons. The van der Waals surface area contributed by atoms with E-state index in [0.29, 0.717) is 13.2 Å². The van der Waals surface area contributed by atoms with Crippen molar-refractivity contribution in [1.29, 1.82) is 0 Å². The molecule has 0 N–H and O–H groups in total. The van der Waals surface area contributed by atoms with Crippen LogP contribution in [0.4, 0.5) is 0 Å². The first kappa shape index (κ1) is 15.3. The maximum atomic E-state index is 5.79. The zero-order valence-electron chi connectivity index (χ0n) is 11.0. The topological polar surface area (TPSA) is 9.23 Å². The molecule has 0 heterocycles. The summed E-state index contributed by atoms with van der Waals surface area (Å²) >= 11 is 4.73. The van der Waals surface area contributed by atoms with E-state index >= 15 is 0 Å². The number of halogens is 2. The summed E-state index contributed by atoms with van der Waals surface area (Å²) in [7, 11) is 0. The summed E-state index contributed by atoms with van der Waals surface area (Å²) in [5, 5.41) is 0. The summed E-state index contributed by atoms with van der Waals surface area (Å²) < 4.78 is 8.38. The van der Waals surface area contributed by atoms with Gasteiger partial charge in [-0.2, -0.15) is 0 Å². The first-order valence-corrected chi connectivity index (χ1v) is 8.30. The quantitative estimate of drug-likeness (QED) is 0.548. The lowest BCUT2D eigenvalue weighted by Gasteiger charge is -2.07. The molecular weight excluding hydrogens is 462 g/mol. The van der Waals surface area contributed by atoms with Crippen LogP contribution in [-0.4, -0.2) is 0 Å². The first-order valence-electron chi connectivity index (χ1n) is 6.14. The molecule has 1 nitrogen and oxygen atoms in total. The average Bonchev–Trinajstić information content (AvgIpc) is 2.38. The Morgan fingerprint density at radius 1 is 0.789 bits per heavy atom. The second-order valence-electron chi connectivity index (χ2n) is 4.66. The van der Waals surface area contributed by atoms with Gasteiger partial charge in [-0.15, -0.1) is 0 Å². The van der Waals surface area contributed by atoms with Gasteiger partial charge in [-0.3, -0.25) is 0 Å². The van der Waals surface area contributed by atoms with Gasteiger partial charge in [0.25, 0.3) is 0 Å². The zero-order chi connectivity index (χ0) is 13.8. The largest absolute Gasteiger partial charge is 0.372 e. The molecule has 0 spiro atoms. The lowest BCUT2D eigenvalue weighted by Crippen LogP contribution is -1.96. The van der Waals surface area contributed by atoms with Crippen LogP contribution in [0.5, 0.6) is 0 Å². The van der Waals surface area contributed by atoms with Crippen LogP contribution in [0.2, 0.25) is 0 Å². The van der Waals surface area contributed by atoms with Crippen molar-refractivity contribution < 1.29 is 4.74 Å². The molecule has 0 atom stereocenters. The standard InChI is InChI=1S/C16H16I2O/c1-11-3-5-13(7-15(11)17)9-19-10-14-6-4-12(2)16(18)8-14/h3-8H,9-10H2,1-2H3. The third kappa shape index (κ3) is 4.43. The smallest absolute Gasteiger partial charge is 0.0721 e. The Labute approximate surface area is 142 Å². The van der Waals surface area contributed by atoms with Gasteiger partial charge in [0.15, 0.2) is 0 Å². The fourth-order valence-corrected chi connectivity index (χ4v) is 2.90. The SMILES string of the molecule is Cc1ccc(COCc2ccc(C)c(I)c2)cc1I. The van der Waals surface area contributed by atoms with E-state index in [-0.39, 0.29) is 0 Å².